The second-order valence-corrected chi connectivity index (χ2v) is 5.69. The van der Waals surface area contributed by atoms with Crippen LogP contribution in [0.3, 0.4) is 0 Å². The average molecular weight is 432 g/mol. The van der Waals surface area contributed by atoms with Gasteiger partial charge in [0.05, 0.1) is 0 Å². The molecule has 0 saturated heterocycles. The molecule has 0 aliphatic heterocycles. The average Bonchev–Trinajstić information content (AvgIpc) is 2.34. The van der Waals surface area contributed by atoms with Gasteiger partial charge in [0.2, 0.25) is 0 Å². The van der Waals surface area contributed by atoms with E-state index < -0.39 is 51.4 Å². The van der Waals surface area contributed by atoms with Gasteiger partial charge in [-0.25, -0.2) is 4.39 Å². The molecule has 0 rings (SSSR count). The summed E-state index contributed by atoms with van der Waals surface area (Å²) in [6.07, 6.45) is -7.65. The predicted molar refractivity (Wildman–Crippen MR) is 47.2 cm³/mol. The first-order valence-corrected chi connectivity index (χ1v) is 6.47. The van der Waals surface area contributed by atoms with Crippen LogP contribution in [0.2, 0.25) is 0 Å². The first-order valence-electron chi connectivity index (χ1n) is 4.97. The van der Waals surface area contributed by atoms with Crippen LogP contribution in [-0.2, 0) is 10.1 Å². The Morgan fingerprint density at radius 1 is 0.600 bits per heavy atom. The Hall–Kier alpha value is -1.07. The van der Waals surface area contributed by atoms with Gasteiger partial charge >= 0.3 is 45.9 Å². The molecule has 1 N–H and O–H groups in total. The standard InChI is InChI=1S/C7H2F14O3S/c8-1(25(22,23)24)2(9,10)3(11,12)4(13,14)5(15,16)6(17,18)7(19,20)21/h1H,(H,22,23,24). The summed E-state index contributed by atoms with van der Waals surface area (Å²) in [5.74, 6) is -40.3. The fourth-order valence-corrected chi connectivity index (χ4v) is 1.63. The largest absolute Gasteiger partial charge is 0.460 e. The van der Waals surface area contributed by atoms with Gasteiger partial charge < -0.3 is 0 Å². The molecule has 1 unspecified atom stereocenters. The molecule has 18 heteroatoms. The van der Waals surface area contributed by atoms with E-state index in [9.17, 15) is 69.9 Å². The van der Waals surface area contributed by atoms with Crippen molar-refractivity contribution < 1.29 is 74.4 Å². The molecule has 0 amide bonds. The van der Waals surface area contributed by atoms with E-state index in [4.69, 9.17) is 4.55 Å². The first kappa shape index (κ1) is 23.9. The highest BCUT2D eigenvalue weighted by Crippen LogP contribution is 2.61. The molecule has 0 aliphatic rings. The summed E-state index contributed by atoms with van der Waals surface area (Å²) in [7, 11) is -7.00. The van der Waals surface area contributed by atoms with Crippen molar-refractivity contribution in [1.29, 1.82) is 0 Å². The summed E-state index contributed by atoms with van der Waals surface area (Å²) in [4.78, 5) is 0. The summed E-state index contributed by atoms with van der Waals surface area (Å²) >= 11 is 0. The van der Waals surface area contributed by atoms with Crippen molar-refractivity contribution in [3.63, 3.8) is 0 Å². The lowest BCUT2D eigenvalue weighted by atomic mass is 9.94. The number of hydrogen-bond donors (Lipinski definition) is 1. The summed E-state index contributed by atoms with van der Waals surface area (Å²) < 4.78 is 202. The van der Waals surface area contributed by atoms with E-state index in [0.29, 0.717) is 0 Å². The maximum atomic E-state index is 12.9. The zero-order chi connectivity index (χ0) is 21.1. The molecule has 0 bridgehead atoms. The Labute approximate surface area is 127 Å². The molecule has 1 atom stereocenters. The van der Waals surface area contributed by atoms with E-state index in [1.165, 1.54) is 0 Å². The van der Waals surface area contributed by atoms with Gasteiger partial charge in [0.15, 0.2) is 0 Å². The van der Waals surface area contributed by atoms with Crippen molar-refractivity contribution in [2.24, 2.45) is 0 Å². The zero-order valence-electron chi connectivity index (χ0n) is 10.5. The number of hydrogen-bond acceptors (Lipinski definition) is 2. The molecule has 0 aromatic heterocycles. The van der Waals surface area contributed by atoms with Gasteiger partial charge in [0, 0.05) is 0 Å². The quantitative estimate of drug-likeness (QED) is 0.512. The minimum atomic E-state index is -8.34. The lowest BCUT2D eigenvalue weighted by molar-refractivity contribution is -0.441. The molecule has 152 valence electrons. The van der Waals surface area contributed by atoms with Crippen LogP contribution in [0.25, 0.3) is 0 Å². The van der Waals surface area contributed by atoms with Crippen molar-refractivity contribution >= 4 is 10.1 Å². The van der Waals surface area contributed by atoms with Gasteiger partial charge in [-0.15, -0.1) is 0 Å². The molecule has 0 spiro atoms. The number of halogens is 14. The summed E-state index contributed by atoms with van der Waals surface area (Å²) in [6.45, 7) is 0. The second kappa shape index (κ2) is 5.71. The maximum absolute atomic E-state index is 12.9. The van der Waals surface area contributed by atoms with Gasteiger partial charge in [0.25, 0.3) is 5.50 Å². The van der Waals surface area contributed by atoms with Crippen molar-refractivity contribution in [2.45, 2.75) is 41.3 Å². The van der Waals surface area contributed by atoms with Crippen LogP contribution in [0, 0.1) is 0 Å². The molecular weight excluding hydrogens is 430 g/mol. The highest BCUT2D eigenvalue weighted by molar-refractivity contribution is 7.86. The topological polar surface area (TPSA) is 54.4 Å². The summed E-state index contributed by atoms with van der Waals surface area (Å²) in [5, 5.41) is 0. The van der Waals surface area contributed by atoms with E-state index in [1.807, 2.05) is 0 Å². The van der Waals surface area contributed by atoms with Gasteiger partial charge in [-0.3, -0.25) is 4.55 Å². The molecule has 3 nitrogen and oxygen atoms in total. The highest BCUT2D eigenvalue weighted by atomic mass is 32.2. The smallest absolute Gasteiger partial charge is 0.283 e. The van der Waals surface area contributed by atoms with E-state index in [1.54, 1.807) is 0 Å². The molecular formula is C7H2F14O3S. The SMILES string of the molecule is O=S(=O)(O)C(F)C(F)(F)C(F)(F)C(F)(F)C(F)(F)C(F)(F)C(F)(F)F. The third-order valence-electron chi connectivity index (χ3n) is 2.50. The normalized spacial score (nSPS) is 17.6. The Bertz CT molecular complexity index is 604. The van der Waals surface area contributed by atoms with E-state index in [-0.39, 0.29) is 0 Å². The van der Waals surface area contributed by atoms with Crippen LogP contribution in [-0.4, -0.2) is 54.3 Å². The van der Waals surface area contributed by atoms with Gasteiger partial charge in [-0.2, -0.15) is 65.5 Å². The van der Waals surface area contributed by atoms with Gasteiger partial charge in [-0.05, 0) is 0 Å². The minimum Gasteiger partial charge on any atom is -0.283 e. The third-order valence-corrected chi connectivity index (χ3v) is 3.32. The molecule has 0 heterocycles. The minimum absolute atomic E-state index is 5.77. The van der Waals surface area contributed by atoms with Gasteiger partial charge in [0.1, 0.15) is 0 Å². The van der Waals surface area contributed by atoms with Crippen molar-refractivity contribution in [2.75, 3.05) is 0 Å². The van der Waals surface area contributed by atoms with E-state index in [0.717, 1.165) is 0 Å². The molecule has 0 radical (unpaired) electrons. The van der Waals surface area contributed by atoms with Crippen molar-refractivity contribution in [3.8, 4) is 0 Å². The molecule has 0 aliphatic carbocycles. The molecule has 25 heavy (non-hydrogen) atoms. The lowest BCUT2D eigenvalue weighted by Gasteiger charge is -2.39. The molecule has 0 fully saturated rings. The zero-order valence-corrected chi connectivity index (χ0v) is 11.4. The van der Waals surface area contributed by atoms with Crippen LogP contribution in [0.4, 0.5) is 61.5 Å². The predicted octanol–water partition coefficient (Wildman–Crippen LogP) is 3.91. The number of rotatable bonds is 6. The van der Waals surface area contributed by atoms with E-state index in [2.05, 4.69) is 0 Å². The maximum Gasteiger partial charge on any atom is 0.460 e. The lowest BCUT2D eigenvalue weighted by Crippen LogP contribution is -2.71. The van der Waals surface area contributed by atoms with Crippen LogP contribution < -0.4 is 0 Å². The van der Waals surface area contributed by atoms with Crippen molar-refractivity contribution in [3.05, 3.63) is 0 Å². The van der Waals surface area contributed by atoms with Crippen LogP contribution >= 0.6 is 0 Å². The third kappa shape index (κ3) is 3.21. The van der Waals surface area contributed by atoms with Crippen molar-refractivity contribution in [1.82, 2.24) is 0 Å². The summed E-state index contributed by atoms with van der Waals surface area (Å²) in [5.41, 5.74) is -5.77. The van der Waals surface area contributed by atoms with Crippen LogP contribution in [0.15, 0.2) is 0 Å². The molecule has 0 aromatic rings. The Morgan fingerprint density at radius 3 is 1.12 bits per heavy atom. The fraction of sp³-hybridized carbons (Fsp3) is 1.00. The van der Waals surface area contributed by atoms with Crippen LogP contribution in [0.1, 0.15) is 0 Å². The second-order valence-electron chi connectivity index (χ2n) is 4.25. The summed E-state index contributed by atoms with van der Waals surface area (Å²) in [6, 6.07) is 0. The Kier molecular flexibility index (Phi) is 5.47. The number of alkyl halides is 14. The Morgan fingerprint density at radius 2 is 0.880 bits per heavy atom. The molecule has 0 saturated carbocycles. The highest BCUT2D eigenvalue weighted by Gasteiger charge is 2.92. The fourth-order valence-electron chi connectivity index (χ4n) is 1.11. The molecule has 0 aromatic carbocycles. The van der Waals surface area contributed by atoms with Crippen LogP contribution in [0.5, 0.6) is 0 Å². The first-order chi connectivity index (χ1) is 10.4. The van der Waals surface area contributed by atoms with Gasteiger partial charge in [-0.1, -0.05) is 0 Å². The Balaban J connectivity index is 6.49. The van der Waals surface area contributed by atoms with E-state index >= 15 is 0 Å². The monoisotopic (exact) mass is 432 g/mol.